The molecule has 0 aromatic heterocycles. The highest BCUT2D eigenvalue weighted by atomic mass is 35.5. The molecule has 2 aliphatic heterocycles. The maximum absolute atomic E-state index is 12.3. The summed E-state index contributed by atoms with van der Waals surface area (Å²) in [5.41, 5.74) is 0.615. The largest absolute Gasteiger partial charge is 0.317 e. The van der Waals surface area contributed by atoms with Gasteiger partial charge in [0.15, 0.2) is 5.78 Å². The van der Waals surface area contributed by atoms with Crippen molar-refractivity contribution in [1.82, 2.24) is 4.90 Å². The van der Waals surface area contributed by atoms with E-state index in [0.29, 0.717) is 12.0 Å². The minimum atomic E-state index is -0.504. The topological polar surface area (TPSA) is 37.4 Å². The number of amides is 1. The molecule has 1 aromatic carbocycles. The summed E-state index contributed by atoms with van der Waals surface area (Å²) in [6.45, 7) is 0. The number of nitrogens with zero attached hydrogens (tertiary/aromatic N) is 1. The van der Waals surface area contributed by atoms with E-state index >= 15 is 0 Å². The number of benzene rings is 1. The van der Waals surface area contributed by atoms with Gasteiger partial charge in [0.25, 0.3) is 0 Å². The van der Waals surface area contributed by atoms with E-state index < -0.39 is 6.04 Å². The van der Waals surface area contributed by atoms with Gasteiger partial charge < -0.3 is 4.90 Å². The molecule has 5 heteroatoms. The maximum atomic E-state index is 12.3. The number of rotatable bonds is 2. The molecular weight excluding hydrogens is 258 g/mol. The zero-order valence-electron chi connectivity index (χ0n) is 8.88. The van der Waals surface area contributed by atoms with Crippen LogP contribution in [0.4, 0.5) is 0 Å². The van der Waals surface area contributed by atoms with Gasteiger partial charge in [0.1, 0.15) is 10.8 Å². The fourth-order valence-electron chi connectivity index (χ4n) is 2.22. The van der Waals surface area contributed by atoms with Crippen LogP contribution in [0, 0.1) is 0 Å². The van der Waals surface area contributed by atoms with Gasteiger partial charge in [-0.3, -0.25) is 9.59 Å². The lowest BCUT2D eigenvalue weighted by Gasteiger charge is -2.36. The lowest BCUT2D eigenvalue weighted by Crippen LogP contribution is -2.54. The monoisotopic (exact) mass is 267 g/mol. The van der Waals surface area contributed by atoms with E-state index in [9.17, 15) is 9.59 Å². The normalized spacial score (nSPS) is 31.0. The predicted octanol–water partition coefficient (Wildman–Crippen LogP) is 2.11. The number of hydrogen-bond donors (Lipinski definition) is 0. The first-order valence-electron chi connectivity index (χ1n) is 5.38. The Bertz CT molecular complexity index is 479. The highest BCUT2D eigenvalue weighted by molar-refractivity contribution is 8.02. The number of hydrogen-bond acceptors (Lipinski definition) is 3. The molecule has 0 aliphatic carbocycles. The number of carbonyl (C=O) groups excluding carboxylic acids is 2. The van der Waals surface area contributed by atoms with E-state index in [1.165, 1.54) is 11.8 Å². The molecule has 0 spiro atoms. The van der Waals surface area contributed by atoms with Crippen molar-refractivity contribution in [2.75, 3.05) is 0 Å². The van der Waals surface area contributed by atoms with E-state index in [-0.39, 0.29) is 21.8 Å². The van der Waals surface area contributed by atoms with E-state index in [1.807, 2.05) is 18.2 Å². The summed E-state index contributed by atoms with van der Waals surface area (Å²) in [5.74, 6) is -0.0337. The quantitative estimate of drug-likeness (QED) is 0.468. The first-order chi connectivity index (χ1) is 8.18. The van der Waals surface area contributed by atoms with Gasteiger partial charge in [0.2, 0.25) is 5.91 Å². The molecule has 2 unspecified atom stereocenters. The van der Waals surface area contributed by atoms with Crippen molar-refractivity contribution in [1.29, 1.82) is 0 Å². The Hall–Kier alpha value is -1.00. The van der Waals surface area contributed by atoms with Crippen LogP contribution < -0.4 is 0 Å². The first kappa shape index (κ1) is 11.1. The van der Waals surface area contributed by atoms with Crippen LogP contribution in [0.1, 0.15) is 16.8 Å². The van der Waals surface area contributed by atoms with Crippen molar-refractivity contribution < 1.29 is 9.59 Å². The Morgan fingerprint density at radius 2 is 2.06 bits per heavy atom. The SMILES string of the molecule is O=C(c1ccccc1)C1C(Cl)S[C@@H]2CC(=O)N12. The van der Waals surface area contributed by atoms with Gasteiger partial charge in [-0.05, 0) is 0 Å². The van der Waals surface area contributed by atoms with Gasteiger partial charge in [-0.25, -0.2) is 0 Å². The molecule has 2 fully saturated rings. The molecule has 88 valence electrons. The molecule has 0 radical (unpaired) electrons. The van der Waals surface area contributed by atoms with E-state index in [2.05, 4.69) is 0 Å². The van der Waals surface area contributed by atoms with Crippen molar-refractivity contribution in [2.45, 2.75) is 22.5 Å². The van der Waals surface area contributed by atoms with Gasteiger partial charge in [0, 0.05) is 5.56 Å². The summed E-state index contributed by atoms with van der Waals surface area (Å²) < 4.78 is -0.334. The summed E-state index contributed by atoms with van der Waals surface area (Å²) >= 11 is 7.67. The molecule has 3 atom stereocenters. The number of β-lactam (4-membered cyclic amide) rings is 1. The second-order valence-corrected chi connectivity index (χ2v) is 6.18. The van der Waals surface area contributed by atoms with Crippen LogP contribution in [0.5, 0.6) is 0 Å². The number of halogens is 1. The summed E-state index contributed by atoms with van der Waals surface area (Å²) in [6.07, 6.45) is 0.506. The number of carbonyl (C=O) groups is 2. The lowest BCUT2D eigenvalue weighted by molar-refractivity contribution is -0.142. The molecule has 1 aromatic rings. The fourth-order valence-corrected chi connectivity index (χ4v) is 4.13. The smallest absolute Gasteiger partial charge is 0.227 e. The molecular formula is C12H10ClNO2S. The summed E-state index contributed by atoms with van der Waals surface area (Å²) in [4.78, 5) is 25.4. The van der Waals surface area contributed by atoms with Crippen LogP contribution in [-0.2, 0) is 4.79 Å². The van der Waals surface area contributed by atoms with Crippen LogP contribution in [0.2, 0.25) is 0 Å². The molecule has 1 amide bonds. The van der Waals surface area contributed by atoms with Crippen LogP contribution in [0.15, 0.2) is 30.3 Å². The van der Waals surface area contributed by atoms with Crippen LogP contribution in [0.3, 0.4) is 0 Å². The summed E-state index contributed by atoms with van der Waals surface area (Å²) in [6, 6.07) is 8.50. The third-order valence-electron chi connectivity index (χ3n) is 3.11. The summed E-state index contributed by atoms with van der Waals surface area (Å²) in [5, 5.41) is 0.0997. The van der Waals surface area contributed by atoms with Gasteiger partial charge in [0.05, 0.1) is 11.8 Å². The molecule has 2 heterocycles. The standard InChI is InChI=1S/C12H10ClNO2S/c13-12-10(14-8(15)6-9(14)17-12)11(16)7-4-2-1-3-5-7/h1-5,9-10,12H,6H2/t9-,10?,12?/m1/s1. The first-order valence-corrected chi connectivity index (χ1v) is 6.76. The molecule has 0 N–H and O–H groups in total. The molecule has 2 saturated heterocycles. The Kier molecular flexibility index (Phi) is 2.64. The Balaban J connectivity index is 1.89. The molecule has 17 heavy (non-hydrogen) atoms. The molecule has 3 nitrogen and oxygen atoms in total. The average Bonchev–Trinajstić information content (AvgIpc) is 2.61. The average molecular weight is 268 g/mol. The minimum absolute atomic E-state index is 0.0277. The van der Waals surface area contributed by atoms with E-state index in [4.69, 9.17) is 11.6 Å². The molecule has 0 saturated carbocycles. The second-order valence-electron chi connectivity index (χ2n) is 4.12. The zero-order valence-corrected chi connectivity index (χ0v) is 10.4. The van der Waals surface area contributed by atoms with Gasteiger partial charge in [-0.2, -0.15) is 0 Å². The predicted molar refractivity (Wildman–Crippen MR) is 67.0 cm³/mol. The van der Waals surface area contributed by atoms with Gasteiger partial charge >= 0.3 is 0 Å². The Morgan fingerprint density at radius 1 is 1.35 bits per heavy atom. The highest BCUT2D eigenvalue weighted by Gasteiger charge is 2.53. The number of thioether (sulfide) groups is 1. The van der Waals surface area contributed by atoms with E-state index in [0.717, 1.165) is 0 Å². The maximum Gasteiger partial charge on any atom is 0.227 e. The highest BCUT2D eigenvalue weighted by Crippen LogP contribution is 2.46. The lowest BCUT2D eigenvalue weighted by atomic mass is 10.0. The molecule has 3 rings (SSSR count). The van der Waals surface area contributed by atoms with Crippen molar-refractivity contribution in [2.24, 2.45) is 0 Å². The van der Waals surface area contributed by atoms with Crippen molar-refractivity contribution in [3.8, 4) is 0 Å². The van der Waals surface area contributed by atoms with Gasteiger partial charge in [-0.15, -0.1) is 23.4 Å². The van der Waals surface area contributed by atoms with Crippen LogP contribution in [-0.4, -0.2) is 32.7 Å². The number of alkyl halides is 1. The minimum Gasteiger partial charge on any atom is -0.317 e. The van der Waals surface area contributed by atoms with E-state index in [1.54, 1.807) is 17.0 Å². The van der Waals surface area contributed by atoms with Crippen molar-refractivity contribution >= 4 is 35.1 Å². The van der Waals surface area contributed by atoms with Crippen molar-refractivity contribution in [3.63, 3.8) is 0 Å². The third kappa shape index (κ3) is 1.67. The second kappa shape index (κ2) is 4.03. The fraction of sp³-hybridized carbons (Fsp3) is 0.333. The van der Waals surface area contributed by atoms with Crippen LogP contribution in [0.25, 0.3) is 0 Å². The molecule has 2 aliphatic rings. The van der Waals surface area contributed by atoms with Crippen LogP contribution >= 0.6 is 23.4 Å². The Labute approximate surface area is 108 Å². The third-order valence-corrected chi connectivity index (χ3v) is 4.88. The Morgan fingerprint density at radius 3 is 2.71 bits per heavy atom. The van der Waals surface area contributed by atoms with Gasteiger partial charge in [-0.1, -0.05) is 30.3 Å². The zero-order chi connectivity index (χ0) is 12.0. The summed E-state index contributed by atoms with van der Waals surface area (Å²) in [7, 11) is 0. The number of Topliss-reactive ketones (excluding diaryl/α,β-unsaturated/α-hetero) is 1. The number of fused-ring (bicyclic) bond motifs is 1. The number of ketones is 1. The van der Waals surface area contributed by atoms with Crippen molar-refractivity contribution in [3.05, 3.63) is 35.9 Å². The molecule has 0 bridgehead atoms.